The molecule has 0 aromatic heterocycles. The summed E-state index contributed by atoms with van der Waals surface area (Å²) in [7, 11) is -3.95. The molecule has 0 heterocycles. The molecule has 0 bridgehead atoms. The van der Waals surface area contributed by atoms with E-state index in [1.54, 1.807) is 17.6 Å². The molecule has 88 valence electrons. The lowest BCUT2D eigenvalue weighted by atomic mass is 10.2. The number of aryl methyl sites for hydroxylation is 1. The van der Waals surface area contributed by atoms with Crippen molar-refractivity contribution in [3.63, 3.8) is 0 Å². The van der Waals surface area contributed by atoms with Crippen LogP contribution in [0, 0.1) is 6.92 Å². The Bertz CT molecular complexity index is 483. The van der Waals surface area contributed by atoms with Crippen LogP contribution in [0.2, 0.25) is 0 Å². The molecule has 1 aromatic rings. The molecule has 0 aliphatic heterocycles. The molecular formula is C8H12N4O3S. The number of nitrogens with two attached hydrogens (primary N) is 2. The number of carbonyl (C=O) groups is 1. The lowest BCUT2D eigenvalue weighted by Crippen LogP contribution is -2.52. The van der Waals surface area contributed by atoms with E-state index in [4.69, 9.17) is 11.6 Å². The van der Waals surface area contributed by atoms with Crippen molar-refractivity contribution in [1.29, 1.82) is 0 Å². The van der Waals surface area contributed by atoms with E-state index in [1.165, 1.54) is 12.1 Å². The van der Waals surface area contributed by atoms with Gasteiger partial charge in [0.05, 0.1) is 4.90 Å². The number of benzene rings is 1. The number of sulfonamides is 1. The van der Waals surface area contributed by atoms with Crippen molar-refractivity contribution in [1.82, 2.24) is 9.95 Å². The van der Waals surface area contributed by atoms with Crippen molar-refractivity contribution in [2.75, 3.05) is 0 Å². The average Bonchev–Trinajstić information content (AvgIpc) is 2.17. The number of carbonyl (C=O) groups excluding carboxylic acids is 1. The summed E-state index contributed by atoms with van der Waals surface area (Å²) in [5.74, 6) is 5.16. The predicted molar refractivity (Wildman–Crippen MR) is 57.1 cm³/mol. The summed E-state index contributed by atoms with van der Waals surface area (Å²) in [6.07, 6.45) is 0. The van der Waals surface area contributed by atoms with E-state index in [0.29, 0.717) is 0 Å². The van der Waals surface area contributed by atoms with Gasteiger partial charge in [-0.15, -0.1) is 0 Å². The Morgan fingerprint density at radius 2 is 1.81 bits per heavy atom. The number of hydrogen-bond donors (Lipinski definition) is 3. The van der Waals surface area contributed by atoms with Crippen molar-refractivity contribution >= 4 is 16.1 Å². The van der Waals surface area contributed by atoms with Crippen molar-refractivity contribution < 1.29 is 13.2 Å². The molecule has 1 rings (SSSR count). The maximum Gasteiger partial charge on any atom is 0.328 e. The number of nitrogens with one attached hydrogen (secondary N) is 1. The highest BCUT2D eigenvalue weighted by atomic mass is 32.2. The highest BCUT2D eigenvalue weighted by Gasteiger charge is 2.22. The molecule has 0 aliphatic carbocycles. The van der Waals surface area contributed by atoms with E-state index in [9.17, 15) is 13.2 Å². The van der Waals surface area contributed by atoms with Crippen LogP contribution in [0.4, 0.5) is 4.79 Å². The molecule has 0 aliphatic rings. The maximum absolute atomic E-state index is 11.7. The van der Waals surface area contributed by atoms with Crippen LogP contribution in [0.25, 0.3) is 0 Å². The van der Waals surface area contributed by atoms with Gasteiger partial charge < -0.3 is 5.73 Å². The second kappa shape index (κ2) is 4.47. The topological polar surface area (TPSA) is 119 Å². The van der Waals surface area contributed by atoms with Gasteiger partial charge in [0.2, 0.25) is 0 Å². The van der Waals surface area contributed by atoms with Crippen LogP contribution < -0.4 is 17.0 Å². The lowest BCUT2D eigenvalue weighted by Gasteiger charge is -2.15. The predicted octanol–water partition coefficient (Wildman–Crippen LogP) is -0.557. The van der Waals surface area contributed by atoms with Gasteiger partial charge in [-0.1, -0.05) is 17.7 Å². The fourth-order valence-corrected chi connectivity index (χ4v) is 1.91. The molecule has 16 heavy (non-hydrogen) atoms. The summed E-state index contributed by atoms with van der Waals surface area (Å²) in [4.78, 5) is 10.4. The molecule has 0 fully saturated rings. The number of amides is 2. The van der Waals surface area contributed by atoms with E-state index >= 15 is 0 Å². The van der Waals surface area contributed by atoms with Crippen molar-refractivity contribution in [2.24, 2.45) is 11.6 Å². The van der Waals surface area contributed by atoms with Crippen LogP contribution in [0.1, 0.15) is 5.56 Å². The largest absolute Gasteiger partial charge is 0.350 e. The van der Waals surface area contributed by atoms with Crippen LogP contribution in [-0.2, 0) is 10.0 Å². The highest BCUT2D eigenvalue weighted by molar-refractivity contribution is 7.89. The Hall–Kier alpha value is -1.64. The van der Waals surface area contributed by atoms with Crippen molar-refractivity contribution in [3.8, 4) is 0 Å². The summed E-state index contributed by atoms with van der Waals surface area (Å²) in [5, 5.41) is 0. The van der Waals surface area contributed by atoms with E-state index in [0.717, 1.165) is 5.56 Å². The zero-order valence-corrected chi connectivity index (χ0v) is 9.36. The fraction of sp³-hybridized carbons (Fsp3) is 0.125. The number of rotatable bonds is 3. The summed E-state index contributed by atoms with van der Waals surface area (Å²) in [6, 6.07) is 4.94. The normalized spacial score (nSPS) is 11.4. The first-order valence-corrected chi connectivity index (χ1v) is 5.71. The van der Waals surface area contributed by atoms with Crippen LogP contribution >= 0.6 is 0 Å². The van der Waals surface area contributed by atoms with Gasteiger partial charge in [0.15, 0.2) is 0 Å². The number of primary amides is 1. The molecule has 0 saturated carbocycles. The number of nitrogens with zero attached hydrogens (tertiary/aromatic N) is 1. The Labute approximate surface area is 93.0 Å². The van der Waals surface area contributed by atoms with E-state index in [1.807, 2.05) is 6.92 Å². The van der Waals surface area contributed by atoms with E-state index in [-0.39, 0.29) is 9.42 Å². The summed E-state index contributed by atoms with van der Waals surface area (Å²) >= 11 is 0. The maximum atomic E-state index is 11.7. The monoisotopic (exact) mass is 244 g/mol. The third-order valence-electron chi connectivity index (χ3n) is 1.80. The SMILES string of the molecule is Cc1ccc(S(=O)(=O)N(N)NC(N)=O)cc1. The van der Waals surface area contributed by atoms with E-state index < -0.39 is 16.1 Å². The summed E-state index contributed by atoms with van der Waals surface area (Å²) in [5.41, 5.74) is 7.42. The third kappa shape index (κ3) is 2.69. The minimum atomic E-state index is -3.95. The van der Waals surface area contributed by atoms with Gasteiger partial charge in [-0.05, 0) is 23.6 Å². The second-order valence-electron chi connectivity index (χ2n) is 3.09. The third-order valence-corrected chi connectivity index (χ3v) is 3.28. The second-order valence-corrected chi connectivity index (χ2v) is 4.90. The number of urea groups is 1. The van der Waals surface area contributed by atoms with Gasteiger partial charge >= 0.3 is 6.03 Å². The summed E-state index contributed by atoms with van der Waals surface area (Å²) in [6.45, 7) is 1.82. The van der Waals surface area contributed by atoms with E-state index in [2.05, 4.69) is 0 Å². The average molecular weight is 244 g/mol. The minimum Gasteiger partial charge on any atom is -0.350 e. The molecule has 0 saturated heterocycles. The molecule has 7 nitrogen and oxygen atoms in total. The molecule has 0 unspecified atom stereocenters. The quantitative estimate of drug-likeness (QED) is 0.488. The molecule has 0 atom stereocenters. The molecule has 1 aromatic carbocycles. The van der Waals surface area contributed by atoms with Gasteiger partial charge in [0.25, 0.3) is 10.0 Å². The molecule has 0 spiro atoms. The smallest absolute Gasteiger partial charge is 0.328 e. The summed E-state index contributed by atoms with van der Waals surface area (Å²) < 4.78 is 23.6. The van der Waals surface area contributed by atoms with Gasteiger partial charge in [-0.25, -0.2) is 24.5 Å². The number of hydrogen-bond acceptors (Lipinski definition) is 4. The Balaban J connectivity index is 3.02. The van der Waals surface area contributed by atoms with Crippen molar-refractivity contribution in [2.45, 2.75) is 11.8 Å². The first kappa shape index (κ1) is 12.4. The molecule has 5 N–H and O–H groups in total. The molecule has 8 heteroatoms. The molecular weight excluding hydrogens is 232 g/mol. The van der Waals surface area contributed by atoms with Gasteiger partial charge in [-0.3, -0.25) is 0 Å². The zero-order chi connectivity index (χ0) is 12.3. The van der Waals surface area contributed by atoms with Gasteiger partial charge in [0, 0.05) is 0 Å². The minimum absolute atomic E-state index is 0.0330. The van der Waals surface area contributed by atoms with Crippen LogP contribution in [0.3, 0.4) is 0 Å². The van der Waals surface area contributed by atoms with Crippen molar-refractivity contribution in [3.05, 3.63) is 29.8 Å². The van der Waals surface area contributed by atoms with Crippen LogP contribution in [0.5, 0.6) is 0 Å². The van der Waals surface area contributed by atoms with Crippen LogP contribution in [-0.4, -0.2) is 19.0 Å². The Morgan fingerprint density at radius 3 is 2.25 bits per heavy atom. The molecule has 2 amide bonds. The Morgan fingerprint density at radius 1 is 1.31 bits per heavy atom. The molecule has 0 radical (unpaired) electrons. The first-order valence-electron chi connectivity index (χ1n) is 4.27. The Kier molecular flexibility index (Phi) is 3.48. The standard InChI is InChI=1S/C8H12N4O3S/c1-6-2-4-7(5-3-6)16(14,15)12(10)11-8(9)13/h2-5H,10H2,1H3,(H3,9,11,13). The number of hydrazine groups is 2. The lowest BCUT2D eigenvalue weighted by molar-refractivity contribution is 0.228. The van der Waals surface area contributed by atoms with Crippen LogP contribution in [0.15, 0.2) is 29.2 Å². The highest BCUT2D eigenvalue weighted by Crippen LogP contribution is 2.12. The van der Waals surface area contributed by atoms with Gasteiger partial charge in [-0.2, -0.15) is 0 Å². The fourth-order valence-electron chi connectivity index (χ4n) is 0.992. The first-order chi connectivity index (χ1) is 7.34. The van der Waals surface area contributed by atoms with Gasteiger partial charge in [0.1, 0.15) is 0 Å². The zero-order valence-electron chi connectivity index (χ0n) is 8.54.